The van der Waals surface area contributed by atoms with E-state index in [-0.39, 0.29) is 42.5 Å². The number of para-hydroxylation sites is 1. The van der Waals surface area contributed by atoms with Crippen LogP contribution in [-0.4, -0.2) is 57.7 Å². The zero-order valence-corrected chi connectivity index (χ0v) is 26.5. The van der Waals surface area contributed by atoms with Gasteiger partial charge in [0.15, 0.2) is 0 Å². The van der Waals surface area contributed by atoms with Crippen LogP contribution >= 0.6 is 0 Å². The standard InChI is InChI=1S/C38H41BN2O6/c42-29-13-9-10-25(21-29)20-26(33-16-7-8-19-40-33)17-18-34-35-27(24-46-30-14-5-2-6-15-30)22-31-36(32(35)23-39(45)47-34)38(44)41(37(31)43)28-11-3-1-4-12-28/h2,5-10,13-16,19-21,28,31-32,34,36,42,45H,1,3-4,11-12,17-18,22-24H2/b26-20-/t31-,32+,34-,36-/m1/s1. The molecule has 0 spiro atoms. The first kappa shape index (κ1) is 31.4. The van der Waals surface area contributed by atoms with Crippen molar-refractivity contribution in [3.63, 3.8) is 0 Å². The molecule has 47 heavy (non-hydrogen) atoms. The number of nitrogens with zero attached hydrogens (tertiary/aromatic N) is 2. The lowest BCUT2D eigenvalue weighted by atomic mass is 9.58. The molecule has 3 aromatic rings. The Morgan fingerprint density at radius 2 is 1.79 bits per heavy atom. The van der Waals surface area contributed by atoms with Crippen molar-refractivity contribution in [3.8, 4) is 11.5 Å². The molecule has 1 aromatic heterocycles. The molecule has 2 aromatic carbocycles. The van der Waals surface area contributed by atoms with E-state index in [1.165, 1.54) is 0 Å². The molecule has 2 saturated heterocycles. The number of amides is 2. The highest BCUT2D eigenvalue weighted by atomic mass is 16.5. The summed E-state index contributed by atoms with van der Waals surface area (Å²) in [5.41, 5.74) is 4.61. The third-order valence-corrected chi connectivity index (χ3v) is 10.3. The lowest BCUT2D eigenvalue weighted by Gasteiger charge is -2.43. The van der Waals surface area contributed by atoms with Crippen LogP contribution in [0.15, 0.2) is 90.1 Å². The maximum atomic E-state index is 14.2. The van der Waals surface area contributed by atoms with E-state index in [0.717, 1.165) is 65.8 Å². The molecule has 9 heteroatoms. The third-order valence-electron chi connectivity index (χ3n) is 10.3. The van der Waals surface area contributed by atoms with Gasteiger partial charge in [0.25, 0.3) is 0 Å². The van der Waals surface area contributed by atoms with Crippen molar-refractivity contribution in [2.75, 3.05) is 6.61 Å². The number of benzene rings is 2. The van der Waals surface area contributed by atoms with E-state index in [0.29, 0.717) is 19.3 Å². The molecule has 242 valence electrons. The molecule has 3 heterocycles. The van der Waals surface area contributed by atoms with Gasteiger partial charge in [-0.3, -0.25) is 19.5 Å². The van der Waals surface area contributed by atoms with Crippen LogP contribution in [-0.2, 0) is 14.2 Å². The van der Waals surface area contributed by atoms with Gasteiger partial charge in [0.2, 0.25) is 11.8 Å². The van der Waals surface area contributed by atoms with Gasteiger partial charge in [0.05, 0.1) is 23.6 Å². The Labute approximate surface area is 276 Å². The molecule has 8 nitrogen and oxygen atoms in total. The number of imide groups is 1. The van der Waals surface area contributed by atoms with Gasteiger partial charge < -0.3 is 19.5 Å². The van der Waals surface area contributed by atoms with Crippen molar-refractivity contribution in [1.29, 1.82) is 0 Å². The van der Waals surface area contributed by atoms with Crippen molar-refractivity contribution < 1.29 is 29.1 Å². The fraction of sp³-hybridized carbons (Fsp3) is 0.395. The second-order valence-corrected chi connectivity index (χ2v) is 13.3. The summed E-state index contributed by atoms with van der Waals surface area (Å²) in [5.74, 6) is -0.488. The second-order valence-electron chi connectivity index (χ2n) is 13.3. The molecule has 0 bridgehead atoms. The molecular formula is C38H41BN2O6. The quantitative estimate of drug-likeness (QED) is 0.162. The number of phenolic OH excluding ortho intramolecular Hbond substituents is 1. The van der Waals surface area contributed by atoms with Gasteiger partial charge in [-0.2, -0.15) is 0 Å². The Hall–Kier alpha value is -4.21. The zero-order valence-electron chi connectivity index (χ0n) is 26.5. The van der Waals surface area contributed by atoms with Crippen LogP contribution in [0.1, 0.15) is 62.6 Å². The number of aromatic hydroxyl groups is 1. The summed E-state index contributed by atoms with van der Waals surface area (Å²) < 4.78 is 12.6. The molecule has 0 unspecified atom stereocenters. The lowest BCUT2D eigenvalue weighted by molar-refractivity contribution is -0.143. The van der Waals surface area contributed by atoms with Crippen molar-refractivity contribution in [2.45, 2.75) is 69.8 Å². The minimum Gasteiger partial charge on any atom is -0.508 e. The molecule has 7 rings (SSSR count). The van der Waals surface area contributed by atoms with E-state index in [1.54, 1.807) is 29.3 Å². The molecule has 3 fully saturated rings. The maximum Gasteiger partial charge on any atom is 0.455 e. The van der Waals surface area contributed by atoms with Gasteiger partial charge in [-0.15, -0.1) is 0 Å². The van der Waals surface area contributed by atoms with Crippen LogP contribution in [0, 0.1) is 17.8 Å². The van der Waals surface area contributed by atoms with Gasteiger partial charge in [-0.25, -0.2) is 0 Å². The average molecular weight is 633 g/mol. The molecule has 2 aliphatic carbocycles. The highest BCUT2D eigenvalue weighted by molar-refractivity contribution is 6.43. The number of carbonyl (C=O) groups is 2. The summed E-state index contributed by atoms with van der Waals surface area (Å²) in [4.78, 5) is 34.4. The number of phenols is 1. The van der Waals surface area contributed by atoms with Crippen LogP contribution in [0.2, 0.25) is 6.32 Å². The molecule has 0 radical (unpaired) electrons. The van der Waals surface area contributed by atoms with Crippen LogP contribution in [0.25, 0.3) is 11.6 Å². The van der Waals surface area contributed by atoms with Gasteiger partial charge in [-0.05, 0) is 109 Å². The number of likely N-dealkylation sites (tertiary alicyclic amines) is 1. The van der Waals surface area contributed by atoms with Crippen molar-refractivity contribution in [1.82, 2.24) is 9.88 Å². The number of ether oxygens (including phenoxy) is 1. The molecule has 1 saturated carbocycles. The average Bonchev–Trinajstić information content (AvgIpc) is 3.35. The van der Waals surface area contributed by atoms with E-state index in [1.807, 2.05) is 60.7 Å². The number of carbonyl (C=O) groups excluding carboxylic acids is 2. The van der Waals surface area contributed by atoms with E-state index >= 15 is 0 Å². The number of fused-ring (bicyclic) bond motifs is 3. The first-order valence-electron chi connectivity index (χ1n) is 17.0. The van der Waals surface area contributed by atoms with E-state index < -0.39 is 25.1 Å². The highest BCUT2D eigenvalue weighted by Crippen LogP contribution is 2.51. The first-order valence-corrected chi connectivity index (χ1v) is 17.0. The summed E-state index contributed by atoms with van der Waals surface area (Å²) in [5, 5.41) is 21.2. The van der Waals surface area contributed by atoms with Gasteiger partial charge in [0.1, 0.15) is 18.1 Å². The minimum absolute atomic E-state index is 0.0362. The molecular weight excluding hydrogens is 591 g/mol. The zero-order chi connectivity index (χ0) is 32.3. The largest absolute Gasteiger partial charge is 0.508 e. The number of hydrogen-bond acceptors (Lipinski definition) is 7. The molecule has 4 atom stereocenters. The Morgan fingerprint density at radius 1 is 0.979 bits per heavy atom. The Kier molecular flexibility index (Phi) is 9.27. The summed E-state index contributed by atoms with van der Waals surface area (Å²) in [6.07, 6.45) is 10.0. The predicted molar refractivity (Wildman–Crippen MR) is 180 cm³/mol. The van der Waals surface area contributed by atoms with E-state index in [2.05, 4.69) is 4.98 Å². The van der Waals surface area contributed by atoms with Crippen LogP contribution in [0.3, 0.4) is 0 Å². The molecule has 2 amide bonds. The smallest absolute Gasteiger partial charge is 0.455 e. The van der Waals surface area contributed by atoms with Gasteiger partial charge in [0, 0.05) is 12.2 Å². The maximum absolute atomic E-state index is 14.2. The fourth-order valence-electron chi connectivity index (χ4n) is 8.24. The predicted octanol–water partition coefficient (Wildman–Crippen LogP) is 6.32. The summed E-state index contributed by atoms with van der Waals surface area (Å²) >= 11 is 0. The fourth-order valence-corrected chi connectivity index (χ4v) is 8.24. The highest BCUT2D eigenvalue weighted by Gasteiger charge is 2.58. The summed E-state index contributed by atoms with van der Waals surface area (Å²) in [6, 6.07) is 22.4. The van der Waals surface area contributed by atoms with Crippen LogP contribution in [0.4, 0.5) is 0 Å². The topological polar surface area (TPSA) is 109 Å². The Morgan fingerprint density at radius 3 is 2.55 bits per heavy atom. The number of pyridine rings is 1. The summed E-state index contributed by atoms with van der Waals surface area (Å²) in [7, 11) is -1.05. The SMILES string of the molecule is O=C1[C@@H]2[C@@H](CC(COc3ccccc3)=C3[C@@H](CC/C(=C/c4cccc(O)c4)c4ccccn4)OB(O)C[C@@H]32)C(=O)N1C1CCCCC1. The van der Waals surface area contributed by atoms with Gasteiger partial charge >= 0.3 is 7.12 Å². The number of rotatable bonds is 9. The number of allylic oxidation sites excluding steroid dienone is 1. The Balaban J connectivity index is 1.22. The second kappa shape index (κ2) is 13.9. The number of hydrogen-bond donors (Lipinski definition) is 2. The molecule has 2 N–H and O–H groups in total. The van der Waals surface area contributed by atoms with Crippen LogP contribution < -0.4 is 4.74 Å². The number of aromatic nitrogens is 1. The lowest BCUT2D eigenvalue weighted by Crippen LogP contribution is -2.47. The normalized spacial score (nSPS) is 25.2. The first-order chi connectivity index (χ1) is 23.0. The third kappa shape index (κ3) is 6.65. The van der Waals surface area contributed by atoms with E-state index in [9.17, 15) is 19.7 Å². The minimum atomic E-state index is -1.05. The van der Waals surface area contributed by atoms with Crippen LogP contribution in [0.5, 0.6) is 11.5 Å². The monoisotopic (exact) mass is 632 g/mol. The van der Waals surface area contributed by atoms with E-state index in [4.69, 9.17) is 9.39 Å². The summed E-state index contributed by atoms with van der Waals surface area (Å²) in [6.45, 7) is 0.284. The van der Waals surface area contributed by atoms with Crippen molar-refractivity contribution in [2.24, 2.45) is 17.8 Å². The van der Waals surface area contributed by atoms with Crippen molar-refractivity contribution >= 4 is 30.6 Å². The van der Waals surface area contributed by atoms with Crippen molar-refractivity contribution in [3.05, 3.63) is 101 Å². The molecule has 2 aliphatic heterocycles. The van der Waals surface area contributed by atoms with Gasteiger partial charge in [-0.1, -0.05) is 55.7 Å². The Bertz CT molecular complexity index is 1650. The molecule has 4 aliphatic rings.